The van der Waals surface area contributed by atoms with Gasteiger partial charge < -0.3 is 20.3 Å². The molecule has 1 saturated heterocycles. The Morgan fingerprint density at radius 2 is 2.38 bits per heavy atom. The lowest BCUT2D eigenvalue weighted by molar-refractivity contribution is -0.137. The number of carbonyl (C=O) groups is 1. The van der Waals surface area contributed by atoms with Crippen LogP contribution in [0.2, 0.25) is 0 Å². The van der Waals surface area contributed by atoms with Gasteiger partial charge in [-0.2, -0.15) is 11.8 Å². The van der Waals surface area contributed by atoms with Crippen LogP contribution in [-0.4, -0.2) is 35.8 Å². The fourth-order valence-electron chi connectivity index (χ4n) is 2.36. The van der Waals surface area contributed by atoms with Crippen LogP contribution in [0.1, 0.15) is 30.9 Å². The average molecular weight is 311 g/mol. The van der Waals surface area contributed by atoms with E-state index in [1.54, 1.807) is 7.11 Å². The van der Waals surface area contributed by atoms with E-state index in [4.69, 9.17) is 20.3 Å². The molecule has 0 spiro atoms. The van der Waals surface area contributed by atoms with Gasteiger partial charge in [0.2, 0.25) is 0 Å². The highest BCUT2D eigenvalue weighted by Gasteiger charge is 2.22. The first-order valence-corrected chi connectivity index (χ1v) is 8.16. The van der Waals surface area contributed by atoms with Crippen molar-refractivity contribution < 1.29 is 19.4 Å². The Balaban J connectivity index is 2.14. The predicted molar refractivity (Wildman–Crippen MR) is 83.2 cm³/mol. The Hall–Kier alpha value is -1.40. The van der Waals surface area contributed by atoms with Gasteiger partial charge in [0.1, 0.15) is 6.10 Å². The first kappa shape index (κ1) is 16.0. The third-order valence-electron chi connectivity index (χ3n) is 3.46. The molecule has 21 heavy (non-hydrogen) atoms. The molecule has 1 fully saturated rings. The molecule has 0 radical (unpaired) electrons. The van der Waals surface area contributed by atoms with E-state index in [0.717, 1.165) is 23.5 Å². The average Bonchev–Trinajstić information content (AvgIpc) is 2.97. The summed E-state index contributed by atoms with van der Waals surface area (Å²) in [7, 11) is 1.58. The summed E-state index contributed by atoms with van der Waals surface area (Å²) < 4.78 is 11.5. The maximum absolute atomic E-state index is 10.7. The normalized spacial score (nSPS) is 19.2. The van der Waals surface area contributed by atoms with Crippen molar-refractivity contribution in [1.82, 2.24) is 0 Å². The van der Waals surface area contributed by atoms with E-state index in [2.05, 4.69) is 0 Å². The van der Waals surface area contributed by atoms with Crippen LogP contribution >= 0.6 is 11.8 Å². The summed E-state index contributed by atoms with van der Waals surface area (Å²) >= 11 is 1.88. The number of benzene rings is 1. The number of hydrogen-bond donors (Lipinski definition) is 2. The largest absolute Gasteiger partial charge is 0.493 e. The van der Waals surface area contributed by atoms with Crippen molar-refractivity contribution in [3.8, 4) is 11.5 Å². The zero-order valence-corrected chi connectivity index (χ0v) is 12.9. The minimum Gasteiger partial charge on any atom is -0.493 e. The number of nitrogens with two attached hydrogens (primary N) is 1. The highest BCUT2D eigenvalue weighted by atomic mass is 32.2. The molecule has 0 aliphatic carbocycles. The topological polar surface area (TPSA) is 81.8 Å². The number of thioether (sulfide) groups is 1. The third kappa shape index (κ3) is 4.28. The van der Waals surface area contributed by atoms with Crippen LogP contribution in [0.25, 0.3) is 0 Å². The summed E-state index contributed by atoms with van der Waals surface area (Å²) in [6.07, 6.45) is 1.64. The van der Waals surface area contributed by atoms with E-state index in [-0.39, 0.29) is 18.6 Å². The Kier molecular flexibility index (Phi) is 5.76. The van der Waals surface area contributed by atoms with Crippen molar-refractivity contribution in [2.75, 3.05) is 18.6 Å². The van der Waals surface area contributed by atoms with E-state index in [1.807, 2.05) is 30.0 Å². The smallest absolute Gasteiger partial charge is 0.303 e. The number of methoxy groups -OCH3 is 1. The number of ether oxygens (including phenoxy) is 2. The molecule has 1 heterocycles. The van der Waals surface area contributed by atoms with Gasteiger partial charge >= 0.3 is 5.97 Å². The first-order valence-electron chi connectivity index (χ1n) is 7.00. The monoisotopic (exact) mass is 311 g/mol. The number of para-hydroxylation sites is 1. The Labute approximate surface area is 128 Å². The quantitative estimate of drug-likeness (QED) is 0.805. The molecule has 0 saturated carbocycles. The Bertz CT molecular complexity index is 489. The molecule has 1 aromatic rings. The van der Waals surface area contributed by atoms with E-state index < -0.39 is 5.97 Å². The second-order valence-corrected chi connectivity index (χ2v) is 6.17. The number of hydrogen-bond acceptors (Lipinski definition) is 5. The predicted octanol–water partition coefficient (Wildman–Crippen LogP) is 2.44. The zero-order chi connectivity index (χ0) is 15.2. The fraction of sp³-hybridized carbons (Fsp3) is 0.533. The summed E-state index contributed by atoms with van der Waals surface area (Å²) in [5.41, 5.74) is 6.89. The van der Waals surface area contributed by atoms with Crippen molar-refractivity contribution >= 4 is 17.7 Å². The van der Waals surface area contributed by atoms with E-state index in [1.165, 1.54) is 0 Å². The van der Waals surface area contributed by atoms with Crippen LogP contribution < -0.4 is 15.2 Å². The van der Waals surface area contributed by atoms with Crippen LogP contribution in [0.4, 0.5) is 0 Å². The molecular formula is C15H21NO4S. The van der Waals surface area contributed by atoms with Crippen molar-refractivity contribution in [2.45, 2.75) is 31.4 Å². The maximum atomic E-state index is 10.7. The van der Waals surface area contributed by atoms with Gasteiger partial charge in [-0.05, 0) is 24.7 Å². The van der Waals surface area contributed by atoms with Crippen LogP contribution in [0.3, 0.4) is 0 Å². The van der Waals surface area contributed by atoms with Gasteiger partial charge in [-0.1, -0.05) is 12.1 Å². The first-order chi connectivity index (χ1) is 10.1. The zero-order valence-electron chi connectivity index (χ0n) is 12.1. The molecule has 1 aliphatic heterocycles. The molecule has 1 aliphatic rings. The molecule has 116 valence electrons. The lowest BCUT2D eigenvalue weighted by Gasteiger charge is -2.20. The van der Waals surface area contributed by atoms with E-state index >= 15 is 0 Å². The summed E-state index contributed by atoms with van der Waals surface area (Å²) in [5.74, 6) is 2.56. The highest BCUT2D eigenvalue weighted by molar-refractivity contribution is 7.99. The minimum atomic E-state index is -0.847. The lowest BCUT2D eigenvalue weighted by Crippen LogP contribution is -2.17. The van der Waals surface area contributed by atoms with Crippen molar-refractivity contribution in [3.63, 3.8) is 0 Å². The molecule has 0 amide bonds. The van der Waals surface area contributed by atoms with Gasteiger partial charge in [0.25, 0.3) is 0 Å². The molecular weight excluding hydrogens is 290 g/mol. The summed E-state index contributed by atoms with van der Waals surface area (Å²) in [5, 5.41) is 8.77. The van der Waals surface area contributed by atoms with Crippen LogP contribution in [-0.2, 0) is 4.79 Å². The molecule has 0 bridgehead atoms. The van der Waals surface area contributed by atoms with Crippen molar-refractivity contribution in [1.29, 1.82) is 0 Å². The number of rotatable bonds is 7. The van der Waals surface area contributed by atoms with Gasteiger partial charge in [-0.15, -0.1) is 0 Å². The third-order valence-corrected chi connectivity index (χ3v) is 4.60. The lowest BCUT2D eigenvalue weighted by atomic mass is 10.0. The van der Waals surface area contributed by atoms with Crippen LogP contribution in [0.5, 0.6) is 11.5 Å². The van der Waals surface area contributed by atoms with Gasteiger partial charge in [0.05, 0.1) is 7.11 Å². The number of aliphatic carboxylic acids is 1. The Morgan fingerprint density at radius 1 is 1.57 bits per heavy atom. The van der Waals surface area contributed by atoms with Gasteiger partial charge in [0.15, 0.2) is 11.5 Å². The SMILES string of the molecule is COc1c(OC2CCSC2)cccc1C(N)CCC(=O)O. The van der Waals surface area contributed by atoms with E-state index in [9.17, 15) is 4.79 Å². The molecule has 2 unspecified atom stereocenters. The van der Waals surface area contributed by atoms with Crippen molar-refractivity contribution in [2.24, 2.45) is 5.73 Å². The number of carboxylic acid groups (broad SMARTS) is 1. The summed E-state index contributed by atoms with van der Waals surface area (Å²) in [4.78, 5) is 10.7. The van der Waals surface area contributed by atoms with Gasteiger partial charge in [0, 0.05) is 23.8 Å². The molecule has 1 aromatic carbocycles. The van der Waals surface area contributed by atoms with Crippen molar-refractivity contribution in [3.05, 3.63) is 23.8 Å². The van der Waals surface area contributed by atoms with Crippen LogP contribution in [0.15, 0.2) is 18.2 Å². The van der Waals surface area contributed by atoms with Gasteiger partial charge in [-0.25, -0.2) is 0 Å². The molecule has 5 nitrogen and oxygen atoms in total. The fourth-order valence-corrected chi connectivity index (χ4v) is 3.45. The molecule has 6 heteroatoms. The second-order valence-electron chi connectivity index (χ2n) is 5.02. The number of carboxylic acids is 1. The molecule has 3 N–H and O–H groups in total. The second kappa shape index (κ2) is 7.56. The Morgan fingerprint density at radius 3 is 3.00 bits per heavy atom. The molecule has 0 aromatic heterocycles. The molecule has 2 atom stereocenters. The summed E-state index contributed by atoms with van der Waals surface area (Å²) in [6.45, 7) is 0. The maximum Gasteiger partial charge on any atom is 0.303 e. The van der Waals surface area contributed by atoms with E-state index in [0.29, 0.717) is 17.9 Å². The van der Waals surface area contributed by atoms with Crippen LogP contribution in [0, 0.1) is 0 Å². The minimum absolute atomic E-state index is 0.0364. The standard InChI is InChI=1S/C15H21NO4S/c1-19-15-11(12(16)5-6-14(17)18)3-2-4-13(15)20-10-7-8-21-9-10/h2-4,10,12H,5-9,16H2,1H3,(H,17,18). The summed E-state index contributed by atoms with van der Waals surface area (Å²) in [6, 6.07) is 5.23. The highest BCUT2D eigenvalue weighted by Crippen LogP contribution is 2.37. The molecule has 2 rings (SSSR count). The van der Waals surface area contributed by atoms with Gasteiger partial charge in [-0.3, -0.25) is 4.79 Å².